The number of amides is 1. The van der Waals surface area contributed by atoms with E-state index in [4.69, 9.17) is 0 Å². The van der Waals surface area contributed by atoms with Crippen LogP contribution in [0.25, 0.3) is 0 Å². The van der Waals surface area contributed by atoms with E-state index in [9.17, 15) is 4.79 Å². The summed E-state index contributed by atoms with van der Waals surface area (Å²) in [6.07, 6.45) is 4.94. The second-order valence-corrected chi connectivity index (χ2v) is 7.94. The third-order valence-electron chi connectivity index (χ3n) is 5.05. The molecule has 1 N–H and O–H groups in total. The maximum atomic E-state index is 12.6. The number of carbonyl (C=O) groups excluding carboxylic acids is 1. The Hall–Kier alpha value is -2.50. The molecule has 0 atom stereocenters. The zero-order valence-corrected chi connectivity index (χ0v) is 17.2. The molecule has 2 heterocycles. The number of hydrogen-bond donors (Lipinski definition) is 1. The van der Waals surface area contributed by atoms with Crippen LogP contribution in [0.3, 0.4) is 0 Å². The SMILES string of the molecule is O=C(Cc1ccccc1Br)Nc1cncc2c1CCN(Cc1ccccc1)C2. The Labute approximate surface area is 173 Å². The summed E-state index contributed by atoms with van der Waals surface area (Å²) in [4.78, 5) is 19.3. The average Bonchev–Trinajstić information content (AvgIpc) is 2.70. The van der Waals surface area contributed by atoms with E-state index in [1.54, 1.807) is 6.20 Å². The van der Waals surface area contributed by atoms with Gasteiger partial charge in [0, 0.05) is 30.3 Å². The summed E-state index contributed by atoms with van der Waals surface area (Å²) in [6, 6.07) is 18.3. The van der Waals surface area contributed by atoms with Crippen molar-refractivity contribution >= 4 is 27.5 Å². The van der Waals surface area contributed by atoms with Gasteiger partial charge >= 0.3 is 0 Å². The van der Waals surface area contributed by atoms with E-state index in [1.165, 1.54) is 16.7 Å². The molecule has 0 aliphatic carbocycles. The molecule has 1 aromatic heterocycles. The van der Waals surface area contributed by atoms with Gasteiger partial charge in [-0.15, -0.1) is 0 Å². The Balaban J connectivity index is 1.44. The zero-order valence-electron chi connectivity index (χ0n) is 15.6. The summed E-state index contributed by atoms with van der Waals surface area (Å²) in [5, 5.41) is 3.07. The van der Waals surface area contributed by atoms with Crippen molar-refractivity contribution < 1.29 is 4.79 Å². The summed E-state index contributed by atoms with van der Waals surface area (Å²) < 4.78 is 0.954. The molecule has 0 bridgehead atoms. The van der Waals surface area contributed by atoms with E-state index < -0.39 is 0 Å². The molecule has 5 heteroatoms. The van der Waals surface area contributed by atoms with Crippen LogP contribution in [0.2, 0.25) is 0 Å². The highest BCUT2D eigenvalue weighted by atomic mass is 79.9. The van der Waals surface area contributed by atoms with Crippen LogP contribution in [-0.4, -0.2) is 22.3 Å². The normalized spacial score (nSPS) is 13.8. The fourth-order valence-electron chi connectivity index (χ4n) is 3.65. The van der Waals surface area contributed by atoms with Gasteiger partial charge in [0.05, 0.1) is 18.3 Å². The summed E-state index contributed by atoms with van der Waals surface area (Å²) >= 11 is 3.51. The van der Waals surface area contributed by atoms with E-state index in [0.29, 0.717) is 6.42 Å². The average molecular weight is 436 g/mol. The number of fused-ring (bicyclic) bond motifs is 1. The van der Waals surface area contributed by atoms with Gasteiger partial charge < -0.3 is 5.32 Å². The van der Waals surface area contributed by atoms with Crippen LogP contribution in [0.1, 0.15) is 22.3 Å². The zero-order chi connectivity index (χ0) is 19.3. The van der Waals surface area contributed by atoms with Gasteiger partial charge in [0.2, 0.25) is 5.91 Å². The maximum absolute atomic E-state index is 12.6. The third kappa shape index (κ3) is 4.49. The van der Waals surface area contributed by atoms with Gasteiger partial charge in [-0.25, -0.2) is 0 Å². The molecule has 142 valence electrons. The van der Waals surface area contributed by atoms with Gasteiger partial charge in [-0.05, 0) is 34.7 Å². The molecular formula is C23H22BrN3O. The molecule has 28 heavy (non-hydrogen) atoms. The number of aromatic nitrogens is 1. The summed E-state index contributed by atoms with van der Waals surface area (Å²) in [7, 11) is 0. The third-order valence-corrected chi connectivity index (χ3v) is 5.82. The highest BCUT2D eigenvalue weighted by Crippen LogP contribution is 2.26. The standard InChI is InChI=1S/C23H22BrN3O/c24-21-9-5-4-8-18(21)12-23(28)26-22-14-25-13-19-16-27(11-10-20(19)22)15-17-6-2-1-3-7-17/h1-9,13-14H,10-12,15-16H2,(H,26,28). The fourth-order valence-corrected chi connectivity index (χ4v) is 4.07. The quantitative estimate of drug-likeness (QED) is 0.637. The second-order valence-electron chi connectivity index (χ2n) is 7.09. The Morgan fingerprint density at radius 3 is 2.68 bits per heavy atom. The highest BCUT2D eigenvalue weighted by molar-refractivity contribution is 9.10. The first-order valence-electron chi connectivity index (χ1n) is 9.44. The fraction of sp³-hybridized carbons (Fsp3) is 0.217. The number of anilines is 1. The predicted octanol–water partition coefficient (Wildman–Crippen LogP) is 4.58. The molecule has 0 unspecified atom stereocenters. The first-order chi connectivity index (χ1) is 13.7. The summed E-state index contributed by atoms with van der Waals surface area (Å²) in [5.41, 5.74) is 5.54. The summed E-state index contributed by atoms with van der Waals surface area (Å²) in [5.74, 6) is -0.0196. The molecule has 1 aliphatic heterocycles. The molecular weight excluding hydrogens is 414 g/mol. The van der Waals surface area contributed by atoms with E-state index in [1.807, 2.05) is 36.5 Å². The van der Waals surface area contributed by atoms with Crippen LogP contribution in [0.5, 0.6) is 0 Å². The predicted molar refractivity (Wildman–Crippen MR) is 115 cm³/mol. The molecule has 4 nitrogen and oxygen atoms in total. The molecule has 1 amide bonds. The van der Waals surface area contributed by atoms with Gasteiger partial charge in [0.15, 0.2) is 0 Å². The number of carbonyl (C=O) groups is 1. The van der Waals surface area contributed by atoms with Crippen molar-refractivity contribution in [2.24, 2.45) is 0 Å². The van der Waals surface area contributed by atoms with Gasteiger partial charge in [0.1, 0.15) is 0 Å². The lowest BCUT2D eigenvalue weighted by molar-refractivity contribution is -0.115. The van der Waals surface area contributed by atoms with E-state index in [0.717, 1.165) is 41.8 Å². The number of benzene rings is 2. The van der Waals surface area contributed by atoms with Gasteiger partial charge in [0.25, 0.3) is 0 Å². The minimum atomic E-state index is -0.0196. The van der Waals surface area contributed by atoms with Crippen molar-refractivity contribution in [2.75, 3.05) is 11.9 Å². The van der Waals surface area contributed by atoms with E-state index >= 15 is 0 Å². The molecule has 0 spiro atoms. The van der Waals surface area contributed by atoms with E-state index in [2.05, 4.69) is 55.4 Å². The van der Waals surface area contributed by atoms with Crippen LogP contribution in [-0.2, 0) is 30.7 Å². The second kappa shape index (κ2) is 8.67. The van der Waals surface area contributed by atoms with Gasteiger partial charge in [-0.2, -0.15) is 0 Å². The van der Waals surface area contributed by atoms with Crippen molar-refractivity contribution in [3.05, 3.63) is 93.7 Å². The van der Waals surface area contributed by atoms with Crippen molar-refractivity contribution in [3.63, 3.8) is 0 Å². The number of rotatable bonds is 5. The first kappa shape index (κ1) is 18.8. The Bertz CT molecular complexity index is 975. The lowest BCUT2D eigenvalue weighted by Crippen LogP contribution is -2.31. The van der Waals surface area contributed by atoms with E-state index in [-0.39, 0.29) is 5.91 Å². The van der Waals surface area contributed by atoms with Crippen molar-refractivity contribution in [3.8, 4) is 0 Å². The molecule has 4 rings (SSSR count). The minimum Gasteiger partial charge on any atom is -0.324 e. The topological polar surface area (TPSA) is 45.2 Å². The van der Waals surface area contributed by atoms with Gasteiger partial charge in [-0.3, -0.25) is 14.7 Å². The molecule has 1 aliphatic rings. The lowest BCUT2D eigenvalue weighted by Gasteiger charge is -2.29. The van der Waals surface area contributed by atoms with Crippen LogP contribution < -0.4 is 5.32 Å². The van der Waals surface area contributed by atoms with Crippen LogP contribution in [0.15, 0.2) is 71.5 Å². The number of hydrogen-bond acceptors (Lipinski definition) is 3. The largest absolute Gasteiger partial charge is 0.324 e. The highest BCUT2D eigenvalue weighted by Gasteiger charge is 2.20. The first-order valence-corrected chi connectivity index (χ1v) is 10.2. The Kier molecular flexibility index (Phi) is 5.84. The van der Waals surface area contributed by atoms with Crippen molar-refractivity contribution in [1.82, 2.24) is 9.88 Å². The number of halogens is 1. The number of nitrogens with one attached hydrogen (secondary N) is 1. The van der Waals surface area contributed by atoms with Gasteiger partial charge in [-0.1, -0.05) is 64.5 Å². The maximum Gasteiger partial charge on any atom is 0.228 e. The van der Waals surface area contributed by atoms with Crippen LogP contribution in [0.4, 0.5) is 5.69 Å². The van der Waals surface area contributed by atoms with Crippen LogP contribution in [0, 0.1) is 0 Å². The van der Waals surface area contributed by atoms with Crippen molar-refractivity contribution in [1.29, 1.82) is 0 Å². The molecule has 0 saturated carbocycles. The lowest BCUT2D eigenvalue weighted by atomic mass is 9.99. The van der Waals surface area contributed by atoms with Crippen LogP contribution >= 0.6 is 15.9 Å². The smallest absolute Gasteiger partial charge is 0.228 e. The summed E-state index contributed by atoms with van der Waals surface area (Å²) in [6.45, 7) is 2.75. The van der Waals surface area contributed by atoms with Crippen molar-refractivity contribution in [2.45, 2.75) is 25.9 Å². The monoisotopic (exact) mass is 435 g/mol. The number of pyridine rings is 1. The number of nitrogens with zero attached hydrogens (tertiary/aromatic N) is 2. The molecule has 0 fully saturated rings. The molecule has 0 radical (unpaired) electrons. The molecule has 2 aromatic carbocycles. The Morgan fingerprint density at radius 2 is 1.86 bits per heavy atom. The Morgan fingerprint density at radius 1 is 1.07 bits per heavy atom. The molecule has 3 aromatic rings. The minimum absolute atomic E-state index is 0.0196. The molecule has 0 saturated heterocycles.